The van der Waals surface area contributed by atoms with Gasteiger partial charge in [-0.15, -0.1) is 0 Å². The summed E-state index contributed by atoms with van der Waals surface area (Å²) >= 11 is 0. The van der Waals surface area contributed by atoms with Gasteiger partial charge in [0.25, 0.3) is 0 Å². The molecule has 0 radical (unpaired) electrons. The van der Waals surface area contributed by atoms with Crippen LogP contribution in [0.3, 0.4) is 0 Å². The van der Waals surface area contributed by atoms with Crippen LogP contribution in [-0.2, 0) is 14.8 Å². The van der Waals surface area contributed by atoms with Crippen LogP contribution in [-0.4, -0.2) is 69.9 Å². The second-order valence-electron chi connectivity index (χ2n) is 6.72. The molecule has 2 rings (SSSR count). The first kappa shape index (κ1) is 18.5. The molecule has 2 aliphatic rings. The number of hydrogen-bond donors (Lipinski definition) is 2. The van der Waals surface area contributed by atoms with Crippen LogP contribution < -0.4 is 10.6 Å². The van der Waals surface area contributed by atoms with Gasteiger partial charge in [0.15, 0.2) is 5.96 Å². The van der Waals surface area contributed by atoms with Gasteiger partial charge in [0.2, 0.25) is 10.0 Å². The molecule has 2 fully saturated rings. The highest BCUT2D eigenvalue weighted by molar-refractivity contribution is 7.89. The van der Waals surface area contributed by atoms with Crippen molar-refractivity contribution in [3.05, 3.63) is 0 Å². The van der Waals surface area contributed by atoms with Gasteiger partial charge in [-0.1, -0.05) is 6.92 Å². The first-order valence-corrected chi connectivity index (χ1v) is 10.1. The van der Waals surface area contributed by atoms with Crippen molar-refractivity contribution in [1.29, 1.82) is 0 Å². The Bertz CT molecular complexity index is 509. The summed E-state index contributed by atoms with van der Waals surface area (Å²) in [4.78, 5) is 4.67. The minimum absolute atomic E-state index is 0.154. The Labute approximate surface area is 139 Å². The van der Waals surface area contributed by atoms with Crippen molar-refractivity contribution in [3.8, 4) is 0 Å². The Morgan fingerprint density at radius 1 is 1.30 bits per heavy atom. The van der Waals surface area contributed by atoms with E-state index in [9.17, 15) is 8.42 Å². The summed E-state index contributed by atoms with van der Waals surface area (Å²) in [6.07, 6.45) is 1.62. The SMILES string of the molecule is CCNC(=NCC1(C)COC1)NC1CCN(S(=O)(=O)CC)CC1. The topological polar surface area (TPSA) is 83.0 Å². The highest BCUT2D eigenvalue weighted by Gasteiger charge is 2.33. The van der Waals surface area contributed by atoms with E-state index < -0.39 is 10.0 Å². The fraction of sp³-hybridized carbons (Fsp3) is 0.933. The first-order chi connectivity index (χ1) is 10.9. The molecule has 0 aromatic rings. The van der Waals surface area contributed by atoms with E-state index in [-0.39, 0.29) is 17.2 Å². The first-order valence-electron chi connectivity index (χ1n) is 8.49. The normalized spacial score (nSPS) is 23.3. The third kappa shape index (κ3) is 5.06. The average Bonchev–Trinajstić information content (AvgIpc) is 2.51. The van der Waals surface area contributed by atoms with Crippen molar-refractivity contribution in [2.24, 2.45) is 10.4 Å². The number of nitrogens with zero attached hydrogens (tertiary/aromatic N) is 2. The van der Waals surface area contributed by atoms with Crippen LogP contribution in [0.25, 0.3) is 0 Å². The molecular formula is C15H30N4O3S. The lowest BCUT2D eigenvalue weighted by Crippen LogP contribution is -2.50. The highest BCUT2D eigenvalue weighted by Crippen LogP contribution is 2.26. The van der Waals surface area contributed by atoms with E-state index in [4.69, 9.17) is 4.74 Å². The van der Waals surface area contributed by atoms with Crippen LogP contribution in [0.5, 0.6) is 0 Å². The van der Waals surface area contributed by atoms with Gasteiger partial charge in [-0.3, -0.25) is 4.99 Å². The van der Waals surface area contributed by atoms with Gasteiger partial charge < -0.3 is 15.4 Å². The molecule has 0 bridgehead atoms. The summed E-state index contributed by atoms with van der Waals surface area (Å²) in [6, 6.07) is 0.265. The summed E-state index contributed by atoms with van der Waals surface area (Å²) in [6.45, 7) is 10.2. The Balaban J connectivity index is 1.85. The standard InChI is InChI=1S/C15H30N4O3S/c1-4-16-14(17-10-15(3)11-22-12-15)18-13-6-8-19(9-7-13)23(20,21)5-2/h13H,4-12H2,1-3H3,(H2,16,17,18). The molecule has 23 heavy (non-hydrogen) atoms. The maximum absolute atomic E-state index is 11.9. The van der Waals surface area contributed by atoms with Crippen LogP contribution in [0.15, 0.2) is 4.99 Å². The Morgan fingerprint density at radius 2 is 1.96 bits per heavy atom. The van der Waals surface area contributed by atoms with Crippen LogP contribution in [0.2, 0.25) is 0 Å². The van der Waals surface area contributed by atoms with Gasteiger partial charge in [-0.2, -0.15) is 0 Å². The predicted octanol–water partition coefficient (Wildman–Crippen LogP) is 0.392. The zero-order valence-corrected chi connectivity index (χ0v) is 15.3. The second kappa shape index (κ2) is 7.81. The molecule has 0 aliphatic carbocycles. The number of nitrogens with one attached hydrogen (secondary N) is 2. The summed E-state index contributed by atoms with van der Waals surface area (Å²) < 4.78 is 30.7. The van der Waals surface area contributed by atoms with Gasteiger partial charge in [-0.25, -0.2) is 12.7 Å². The molecule has 2 aliphatic heterocycles. The highest BCUT2D eigenvalue weighted by atomic mass is 32.2. The lowest BCUT2D eigenvalue weighted by molar-refractivity contribution is -0.0945. The van der Waals surface area contributed by atoms with Gasteiger partial charge in [0, 0.05) is 31.1 Å². The summed E-state index contributed by atoms with van der Waals surface area (Å²) in [7, 11) is -3.06. The molecule has 0 unspecified atom stereocenters. The number of hydrogen-bond acceptors (Lipinski definition) is 4. The minimum Gasteiger partial charge on any atom is -0.380 e. The Kier molecular flexibility index (Phi) is 6.27. The molecular weight excluding hydrogens is 316 g/mol. The Hall–Kier alpha value is -0.860. The molecule has 0 spiro atoms. The number of sulfonamides is 1. The maximum Gasteiger partial charge on any atom is 0.213 e. The minimum atomic E-state index is -3.06. The molecule has 2 N–H and O–H groups in total. The molecule has 7 nitrogen and oxygen atoms in total. The van der Waals surface area contributed by atoms with E-state index in [0.717, 1.165) is 45.1 Å². The number of aliphatic imine (C=N–C) groups is 1. The summed E-state index contributed by atoms with van der Waals surface area (Å²) in [5.74, 6) is 0.993. The summed E-state index contributed by atoms with van der Waals surface area (Å²) in [5.41, 5.74) is 0.154. The number of piperidine rings is 1. The van der Waals surface area contributed by atoms with Crippen molar-refractivity contribution >= 4 is 16.0 Å². The Morgan fingerprint density at radius 3 is 2.43 bits per heavy atom. The molecule has 0 amide bonds. The second-order valence-corrected chi connectivity index (χ2v) is 8.97. The number of guanidine groups is 1. The number of rotatable bonds is 6. The van der Waals surface area contributed by atoms with Crippen LogP contribution in [0, 0.1) is 5.41 Å². The van der Waals surface area contributed by atoms with Crippen LogP contribution in [0.1, 0.15) is 33.6 Å². The third-order valence-corrected chi connectivity index (χ3v) is 6.30. The number of ether oxygens (including phenoxy) is 1. The van der Waals surface area contributed by atoms with Crippen LogP contribution >= 0.6 is 0 Å². The smallest absolute Gasteiger partial charge is 0.213 e. The zero-order chi connectivity index (χ0) is 16.9. The lowest BCUT2D eigenvalue weighted by atomic mass is 9.89. The van der Waals surface area contributed by atoms with Crippen molar-refractivity contribution < 1.29 is 13.2 Å². The molecule has 0 saturated carbocycles. The van der Waals surface area contributed by atoms with Gasteiger partial charge >= 0.3 is 0 Å². The molecule has 2 heterocycles. The van der Waals surface area contributed by atoms with Gasteiger partial charge in [0.05, 0.1) is 25.5 Å². The molecule has 0 aromatic carbocycles. The third-order valence-electron chi connectivity index (χ3n) is 4.42. The maximum atomic E-state index is 11.9. The molecule has 0 aromatic heterocycles. The largest absolute Gasteiger partial charge is 0.380 e. The quantitative estimate of drug-likeness (QED) is 0.537. The van der Waals surface area contributed by atoms with Gasteiger partial charge in [0.1, 0.15) is 0 Å². The molecule has 2 saturated heterocycles. The molecule has 134 valence electrons. The lowest BCUT2D eigenvalue weighted by Gasteiger charge is -2.37. The fourth-order valence-electron chi connectivity index (χ4n) is 2.79. The van der Waals surface area contributed by atoms with Crippen molar-refractivity contribution in [2.75, 3.05) is 45.1 Å². The average molecular weight is 346 g/mol. The van der Waals surface area contributed by atoms with Gasteiger partial charge in [-0.05, 0) is 26.7 Å². The monoisotopic (exact) mass is 346 g/mol. The van der Waals surface area contributed by atoms with Crippen LogP contribution in [0.4, 0.5) is 0 Å². The van der Waals surface area contributed by atoms with E-state index >= 15 is 0 Å². The fourth-order valence-corrected chi connectivity index (χ4v) is 3.92. The molecule has 8 heteroatoms. The zero-order valence-electron chi connectivity index (χ0n) is 14.5. The van der Waals surface area contributed by atoms with E-state index in [0.29, 0.717) is 13.1 Å². The van der Waals surface area contributed by atoms with E-state index in [1.165, 1.54) is 0 Å². The van der Waals surface area contributed by atoms with E-state index in [2.05, 4.69) is 22.5 Å². The summed E-state index contributed by atoms with van der Waals surface area (Å²) in [5, 5.41) is 6.71. The van der Waals surface area contributed by atoms with Crippen molar-refractivity contribution in [1.82, 2.24) is 14.9 Å². The van der Waals surface area contributed by atoms with Crippen molar-refractivity contribution in [3.63, 3.8) is 0 Å². The molecule has 0 atom stereocenters. The predicted molar refractivity (Wildman–Crippen MR) is 92.1 cm³/mol. The van der Waals surface area contributed by atoms with Crippen molar-refractivity contribution in [2.45, 2.75) is 39.7 Å². The van der Waals surface area contributed by atoms with E-state index in [1.807, 2.05) is 6.92 Å². The van der Waals surface area contributed by atoms with E-state index in [1.54, 1.807) is 11.2 Å².